The fraction of sp³-hybridized carbons (Fsp3) is 0.333. The van der Waals surface area contributed by atoms with Gasteiger partial charge in [-0.1, -0.05) is 18.2 Å². The summed E-state index contributed by atoms with van der Waals surface area (Å²) in [7, 11) is -0.295. The summed E-state index contributed by atoms with van der Waals surface area (Å²) >= 11 is 1.15. The molecule has 9 heteroatoms. The summed E-state index contributed by atoms with van der Waals surface area (Å²) in [6.45, 7) is 5.63. The highest BCUT2D eigenvalue weighted by Gasteiger charge is 2.28. The number of sulfone groups is 1. The van der Waals surface area contributed by atoms with Crippen LogP contribution < -0.4 is 0 Å². The highest BCUT2D eigenvalue weighted by Crippen LogP contribution is 2.38. The van der Waals surface area contributed by atoms with Crippen LogP contribution in [0.25, 0.3) is 11.3 Å². The highest BCUT2D eigenvalue weighted by atomic mass is 32.2. The molecule has 0 spiro atoms. The van der Waals surface area contributed by atoms with Crippen molar-refractivity contribution in [3.05, 3.63) is 53.8 Å². The van der Waals surface area contributed by atoms with Crippen molar-refractivity contribution in [2.45, 2.75) is 42.0 Å². The van der Waals surface area contributed by atoms with Gasteiger partial charge in [0.1, 0.15) is 9.81 Å². The van der Waals surface area contributed by atoms with Crippen LogP contribution in [0.4, 0.5) is 4.79 Å². The van der Waals surface area contributed by atoms with Crippen LogP contribution in [-0.2, 0) is 28.2 Å². The largest absolute Gasteiger partial charge is 0.444 e. The van der Waals surface area contributed by atoms with Crippen LogP contribution >= 0.6 is 11.3 Å². The Morgan fingerprint density at radius 3 is 2.47 bits per heavy atom. The van der Waals surface area contributed by atoms with Crippen molar-refractivity contribution in [2.24, 2.45) is 7.05 Å². The molecule has 1 aromatic carbocycles. The van der Waals surface area contributed by atoms with E-state index in [1.807, 2.05) is 7.05 Å². The van der Waals surface area contributed by atoms with Gasteiger partial charge in [-0.3, -0.25) is 0 Å². The molecule has 30 heavy (non-hydrogen) atoms. The minimum atomic E-state index is -3.73. The van der Waals surface area contributed by atoms with Crippen molar-refractivity contribution in [1.82, 2.24) is 14.5 Å². The maximum absolute atomic E-state index is 13.4. The lowest BCUT2D eigenvalue weighted by molar-refractivity contribution is 0.0286. The fourth-order valence-corrected chi connectivity index (χ4v) is 6.02. The van der Waals surface area contributed by atoms with Gasteiger partial charge in [-0.2, -0.15) is 0 Å². The maximum atomic E-state index is 13.4. The number of rotatable bonds is 5. The molecule has 3 rings (SSSR count). The van der Waals surface area contributed by atoms with E-state index < -0.39 is 21.5 Å². The monoisotopic (exact) mass is 447 g/mol. The summed E-state index contributed by atoms with van der Waals surface area (Å²) in [5.74, 6) is 0. The zero-order valence-corrected chi connectivity index (χ0v) is 19.3. The summed E-state index contributed by atoms with van der Waals surface area (Å²) in [4.78, 5) is 18.8. The standard InChI is InChI=1S/C21H25N3O4S2/c1-21(2,3)28-20(25)23(4)13-15-11-17(18-12-22-14-24(18)5)19(29-15)30(26,27)16-9-7-6-8-10-16/h6-12,14H,13H2,1-5H3. The summed E-state index contributed by atoms with van der Waals surface area (Å²) < 4.78 is 34.1. The molecule has 7 nitrogen and oxygen atoms in total. The molecule has 1 amide bonds. The molecular formula is C21H25N3O4S2. The molecule has 0 saturated heterocycles. The van der Waals surface area contributed by atoms with Crippen molar-refractivity contribution >= 4 is 27.3 Å². The zero-order chi connectivity index (χ0) is 22.1. The molecule has 0 atom stereocenters. The molecule has 0 saturated carbocycles. The van der Waals surface area contributed by atoms with Crippen molar-refractivity contribution in [1.29, 1.82) is 0 Å². The molecule has 0 radical (unpaired) electrons. The normalized spacial score (nSPS) is 12.0. The Labute approximate surface area is 180 Å². The second-order valence-electron chi connectivity index (χ2n) is 7.96. The van der Waals surface area contributed by atoms with Gasteiger partial charge in [0, 0.05) is 24.5 Å². The number of benzene rings is 1. The Morgan fingerprint density at radius 2 is 1.90 bits per heavy atom. The molecule has 2 heterocycles. The number of hydrogen-bond donors (Lipinski definition) is 0. The molecule has 2 aromatic heterocycles. The van der Waals surface area contributed by atoms with E-state index in [1.165, 1.54) is 4.90 Å². The summed E-state index contributed by atoms with van der Waals surface area (Å²) in [6, 6.07) is 10.1. The van der Waals surface area contributed by atoms with E-state index in [1.54, 1.807) is 81.3 Å². The molecule has 0 unspecified atom stereocenters. The predicted octanol–water partition coefficient (Wildman–Crippen LogP) is 4.35. The Bertz CT molecular complexity index is 1140. The van der Waals surface area contributed by atoms with Gasteiger partial charge in [-0.05, 0) is 39.0 Å². The summed E-state index contributed by atoms with van der Waals surface area (Å²) in [5, 5.41) is 0. The average Bonchev–Trinajstić information content (AvgIpc) is 3.27. The van der Waals surface area contributed by atoms with E-state index in [0.29, 0.717) is 11.3 Å². The third-order valence-corrected chi connectivity index (χ3v) is 7.66. The second kappa shape index (κ2) is 8.23. The number of nitrogens with zero attached hydrogens (tertiary/aromatic N) is 3. The number of aromatic nitrogens is 2. The van der Waals surface area contributed by atoms with Gasteiger partial charge in [0.05, 0.1) is 29.7 Å². The fourth-order valence-electron chi connectivity index (χ4n) is 2.84. The number of amides is 1. The SMILES string of the molecule is CN(Cc1cc(-c2cncn2C)c(S(=O)(=O)c2ccccc2)s1)C(=O)OC(C)(C)C. The van der Waals surface area contributed by atoms with Crippen molar-refractivity contribution < 1.29 is 17.9 Å². The molecule has 3 aromatic rings. The third kappa shape index (κ3) is 4.73. The molecule has 0 bridgehead atoms. The number of carbonyl (C=O) groups is 1. The topological polar surface area (TPSA) is 81.5 Å². The Morgan fingerprint density at radius 1 is 1.23 bits per heavy atom. The van der Waals surface area contributed by atoms with Crippen LogP contribution in [-0.4, -0.2) is 41.6 Å². The van der Waals surface area contributed by atoms with Crippen molar-refractivity contribution in [3.63, 3.8) is 0 Å². The third-order valence-electron chi connectivity index (χ3n) is 4.24. The van der Waals surface area contributed by atoms with Crippen LogP contribution in [0.15, 0.2) is 58.0 Å². The van der Waals surface area contributed by atoms with E-state index in [2.05, 4.69) is 4.98 Å². The molecule has 0 N–H and O–H groups in total. The van der Waals surface area contributed by atoms with E-state index in [4.69, 9.17) is 4.74 Å². The summed E-state index contributed by atoms with van der Waals surface area (Å²) in [5.41, 5.74) is 0.644. The minimum Gasteiger partial charge on any atom is -0.444 e. The van der Waals surface area contributed by atoms with E-state index in [-0.39, 0.29) is 15.6 Å². The molecule has 0 aliphatic carbocycles. The van der Waals surface area contributed by atoms with Gasteiger partial charge < -0.3 is 14.2 Å². The van der Waals surface area contributed by atoms with Crippen LogP contribution in [0.5, 0.6) is 0 Å². The van der Waals surface area contributed by atoms with E-state index >= 15 is 0 Å². The van der Waals surface area contributed by atoms with Gasteiger partial charge in [0.25, 0.3) is 0 Å². The zero-order valence-electron chi connectivity index (χ0n) is 17.6. The Kier molecular flexibility index (Phi) is 6.05. The first kappa shape index (κ1) is 22.0. The first-order valence-corrected chi connectivity index (χ1v) is 11.6. The lowest BCUT2D eigenvalue weighted by Crippen LogP contribution is -2.33. The quantitative estimate of drug-likeness (QED) is 0.581. The van der Waals surface area contributed by atoms with E-state index in [9.17, 15) is 13.2 Å². The number of hydrogen-bond acceptors (Lipinski definition) is 6. The van der Waals surface area contributed by atoms with Gasteiger partial charge in [-0.25, -0.2) is 18.2 Å². The van der Waals surface area contributed by atoms with Gasteiger partial charge in [0.15, 0.2) is 0 Å². The lowest BCUT2D eigenvalue weighted by Gasteiger charge is -2.24. The van der Waals surface area contributed by atoms with Crippen molar-refractivity contribution in [2.75, 3.05) is 7.05 Å². The van der Waals surface area contributed by atoms with Gasteiger partial charge in [0.2, 0.25) is 9.84 Å². The predicted molar refractivity (Wildman–Crippen MR) is 116 cm³/mol. The first-order valence-electron chi connectivity index (χ1n) is 9.32. The number of carbonyl (C=O) groups excluding carboxylic acids is 1. The maximum Gasteiger partial charge on any atom is 0.410 e. The minimum absolute atomic E-state index is 0.224. The molecule has 0 aliphatic rings. The Hall–Kier alpha value is -2.65. The number of aryl methyl sites for hydroxylation is 1. The van der Waals surface area contributed by atoms with Gasteiger partial charge in [-0.15, -0.1) is 11.3 Å². The second-order valence-corrected chi connectivity index (χ2v) is 11.2. The van der Waals surface area contributed by atoms with E-state index in [0.717, 1.165) is 16.2 Å². The lowest BCUT2D eigenvalue weighted by atomic mass is 10.2. The summed E-state index contributed by atoms with van der Waals surface area (Å²) in [6.07, 6.45) is 2.79. The van der Waals surface area contributed by atoms with Crippen molar-refractivity contribution in [3.8, 4) is 11.3 Å². The molecule has 0 aliphatic heterocycles. The molecule has 0 fully saturated rings. The van der Waals surface area contributed by atoms with Crippen LogP contribution in [0.2, 0.25) is 0 Å². The number of ether oxygens (including phenoxy) is 1. The molecule has 160 valence electrons. The van der Waals surface area contributed by atoms with Gasteiger partial charge >= 0.3 is 6.09 Å². The van der Waals surface area contributed by atoms with Crippen LogP contribution in [0.1, 0.15) is 25.6 Å². The van der Waals surface area contributed by atoms with Crippen LogP contribution in [0.3, 0.4) is 0 Å². The average molecular weight is 448 g/mol. The van der Waals surface area contributed by atoms with Crippen LogP contribution in [0, 0.1) is 0 Å². The number of imidazole rings is 1. The Balaban J connectivity index is 2.02. The smallest absolute Gasteiger partial charge is 0.410 e. The number of thiophene rings is 1. The highest BCUT2D eigenvalue weighted by molar-refractivity contribution is 7.93. The molecular weight excluding hydrogens is 422 g/mol. The first-order chi connectivity index (χ1) is 14.0.